The number of alkyl halides is 1. The Kier molecular flexibility index (Phi) is 4.95. The molecule has 0 saturated carbocycles. The summed E-state index contributed by atoms with van der Waals surface area (Å²) in [5, 5.41) is 0. The van der Waals surface area contributed by atoms with Crippen molar-refractivity contribution in [1.29, 1.82) is 0 Å². The minimum Gasteiger partial charge on any atom is -0.493 e. The molecule has 0 fully saturated rings. The van der Waals surface area contributed by atoms with Crippen molar-refractivity contribution in [2.45, 2.75) is 20.0 Å². The van der Waals surface area contributed by atoms with Gasteiger partial charge in [0.25, 0.3) is 0 Å². The second-order valence-electron chi connectivity index (χ2n) is 3.68. The average molecular weight is 256 g/mol. The van der Waals surface area contributed by atoms with Gasteiger partial charge < -0.3 is 14.2 Å². The molecule has 0 aliphatic carbocycles. The van der Waals surface area contributed by atoms with E-state index in [1.54, 1.807) is 19.9 Å². The van der Waals surface area contributed by atoms with E-state index < -0.39 is 12.1 Å². The molecule has 0 amide bonds. The van der Waals surface area contributed by atoms with Gasteiger partial charge in [0.2, 0.25) is 6.17 Å². The smallest absolute Gasteiger partial charge is 0.345 e. The van der Waals surface area contributed by atoms with Gasteiger partial charge in [-0.3, -0.25) is 0 Å². The number of esters is 1. The lowest BCUT2D eigenvalue weighted by atomic mass is 10.0. The summed E-state index contributed by atoms with van der Waals surface area (Å²) in [6.45, 7) is 3.47. The molecule has 1 unspecified atom stereocenters. The largest absolute Gasteiger partial charge is 0.493 e. The van der Waals surface area contributed by atoms with E-state index in [9.17, 15) is 9.18 Å². The minimum absolute atomic E-state index is 0.144. The number of halogens is 1. The molecule has 0 aromatic heterocycles. The summed E-state index contributed by atoms with van der Waals surface area (Å²) < 4.78 is 28.8. The Hall–Kier alpha value is -1.78. The van der Waals surface area contributed by atoms with E-state index in [1.807, 2.05) is 0 Å². The summed E-state index contributed by atoms with van der Waals surface area (Å²) in [4.78, 5) is 11.4. The number of aryl methyl sites for hydroxylation is 1. The van der Waals surface area contributed by atoms with Crippen LogP contribution in [0, 0.1) is 6.92 Å². The van der Waals surface area contributed by atoms with Gasteiger partial charge in [-0.15, -0.1) is 0 Å². The molecule has 1 aromatic carbocycles. The topological polar surface area (TPSA) is 44.8 Å². The lowest BCUT2D eigenvalue weighted by Crippen LogP contribution is -2.13. The Morgan fingerprint density at radius 3 is 2.33 bits per heavy atom. The maximum atomic E-state index is 14.0. The van der Waals surface area contributed by atoms with Gasteiger partial charge in [-0.2, -0.15) is 0 Å². The first-order chi connectivity index (χ1) is 8.54. The first-order valence-electron chi connectivity index (χ1n) is 5.58. The van der Waals surface area contributed by atoms with Crippen LogP contribution < -0.4 is 9.47 Å². The van der Waals surface area contributed by atoms with Gasteiger partial charge in [-0.1, -0.05) is 0 Å². The van der Waals surface area contributed by atoms with Crippen molar-refractivity contribution in [3.8, 4) is 11.5 Å². The van der Waals surface area contributed by atoms with Gasteiger partial charge in [-0.25, -0.2) is 9.18 Å². The summed E-state index contributed by atoms with van der Waals surface area (Å²) in [7, 11) is 2.95. The second-order valence-corrected chi connectivity index (χ2v) is 3.68. The Balaban J connectivity index is 3.12. The van der Waals surface area contributed by atoms with Crippen molar-refractivity contribution in [3.63, 3.8) is 0 Å². The zero-order chi connectivity index (χ0) is 13.7. The Morgan fingerprint density at radius 1 is 1.28 bits per heavy atom. The van der Waals surface area contributed by atoms with Crippen molar-refractivity contribution < 1.29 is 23.4 Å². The average Bonchev–Trinajstić information content (AvgIpc) is 2.37. The van der Waals surface area contributed by atoms with E-state index in [4.69, 9.17) is 9.47 Å². The second kappa shape index (κ2) is 6.23. The first kappa shape index (κ1) is 14.3. The number of carbonyl (C=O) groups excluding carboxylic acids is 1. The SMILES string of the molecule is CCOC(=O)C(F)c1cc(OC)c(OC)cc1C. The monoisotopic (exact) mass is 256 g/mol. The number of ether oxygens (including phenoxy) is 3. The zero-order valence-electron chi connectivity index (χ0n) is 11.0. The molecule has 4 nitrogen and oxygen atoms in total. The molecule has 0 saturated heterocycles. The van der Waals surface area contributed by atoms with Crippen molar-refractivity contribution in [1.82, 2.24) is 0 Å². The van der Waals surface area contributed by atoms with E-state index >= 15 is 0 Å². The molecular formula is C13H17FO4. The molecule has 0 heterocycles. The van der Waals surface area contributed by atoms with Crippen LogP contribution in [0.4, 0.5) is 4.39 Å². The van der Waals surface area contributed by atoms with Crippen LogP contribution in [-0.4, -0.2) is 26.8 Å². The van der Waals surface area contributed by atoms with Crippen LogP contribution in [0.2, 0.25) is 0 Å². The Morgan fingerprint density at radius 2 is 1.83 bits per heavy atom. The Labute approximate surface area is 106 Å². The van der Waals surface area contributed by atoms with Gasteiger partial charge in [0.1, 0.15) is 0 Å². The van der Waals surface area contributed by atoms with Crippen LogP contribution in [0.15, 0.2) is 12.1 Å². The third kappa shape index (κ3) is 2.91. The first-order valence-corrected chi connectivity index (χ1v) is 5.58. The molecule has 100 valence electrons. The van der Waals surface area contributed by atoms with Crippen LogP contribution in [-0.2, 0) is 9.53 Å². The van der Waals surface area contributed by atoms with Gasteiger partial charge in [-0.05, 0) is 31.5 Å². The minimum atomic E-state index is -1.82. The number of methoxy groups -OCH3 is 2. The molecule has 0 spiro atoms. The molecule has 0 bridgehead atoms. The standard InChI is InChI=1S/C13H17FO4/c1-5-18-13(15)12(14)9-7-11(17-4)10(16-3)6-8(9)2/h6-7,12H,5H2,1-4H3. The quantitative estimate of drug-likeness (QED) is 0.759. The summed E-state index contributed by atoms with van der Waals surface area (Å²) >= 11 is 0. The van der Waals surface area contributed by atoms with E-state index in [0.29, 0.717) is 17.1 Å². The molecule has 5 heteroatoms. The van der Waals surface area contributed by atoms with Crippen LogP contribution in [0.1, 0.15) is 24.2 Å². The lowest BCUT2D eigenvalue weighted by Gasteiger charge is -2.14. The molecule has 1 rings (SSSR count). The fourth-order valence-corrected chi connectivity index (χ4v) is 1.61. The van der Waals surface area contributed by atoms with Crippen LogP contribution in [0.3, 0.4) is 0 Å². The predicted octanol–water partition coefficient (Wildman–Crippen LogP) is 2.59. The van der Waals surface area contributed by atoms with E-state index in [-0.39, 0.29) is 12.2 Å². The molecule has 0 aliphatic rings. The van der Waals surface area contributed by atoms with E-state index in [1.165, 1.54) is 20.3 Å². The molecule has 0 aliphatic heterocycles. The highest BCUT2D eigenvalue weighted by Gasteiger charge is 2.24. The highest BCUT2D eigenvalue weighted by molar-refractivity contribution is 5.77. The van der Waals surface area contributed by atoms with Gasteiger partial charge in [0, 0.05) is 5.56 Å². The third-order valence-electron chi connectivity index (χ3n) is 2.54. The molecule has 1 aromatic rings. The van der Waals surface area contributed by atoms with Gasteiger partial charge in [0.05, 0.1) is 20.8 Å². The number of rotatable bonds is 5. The molecular weight excluding hydrogens is 239 g/mol. The number of carbonyl (C=O) groups is 1. The van der Waals surface area contributed by atoms with Crippen LogP contribution in [0.5, 0.6) is 11.5 Å². The number of hydrogen-bond acceptors (Lipinski definition) is 4. The van der Waals surface area contributed by atoms with E-state index in [0.717, 1.165) is 0 Å². The van der Waals surface area contributed by atoms with Crippen molar-refractivity contribution >= 4 is 5.97 Å². The molecule has 0 N–H and O–H groups in total. The van der Waals surface area contributed by atoms with Crippen LogP contribution >= 0.6 is 0 Å². The predicted molar refractivity (Wildman–Crippen MR) is 64.8 cm³/mol. The van der Waals surface area contributed by atoms with Crippen LogP contribution in [0.25, 0.3) is 0 Å². The summed E-state index contributed by atoms with van der Waals surface area (Å²) in [6.07, 6.45) is -1.82. The maximum Gasteiger partial charge on any atom is 0.345 e. The van der Waals surface area contributed by atoms with Crippen molar-refractivity contribution in [2.75, 3.05) is 20.8 Å². The summed E-state index contributed by atoms with van der Waals surface area (Å²) in [5.41, 5.74) is 0.833. The third-order valence-corrected chi connectivity index (χ3v) is 2.54. The molecule has 18 heavy (non-hydrogen) atoms. The lowest BCUT2D eigenvalue weighted by molar-refractivity contribution is -0.149. The molecule has 1 atom stereocenters. The maximum absolute atomic E-state index is 14.0. The molecule has 0 radical (unpaired) electrons. The van der Waals surface area contributed by atoms with Crippen molar-refractivity contribution in [3.05, 3.63) is 23.3 Å². The zero-order valence-corrected chi connectivity index (χ0v) is 11.0. The fraction of sp³-hybridized carbons (Fsp3) is 0.462. The highest BCUT2D eigenvalue weighted by Crippen LogP contribution is 2.34. The van der Waals surface area contributed by atoms with Gasteiger partial charge >= 0.3 is 5.97 Å². The fourth-order valence-electron chi connectivity index (χ4n) is 1.61. The number of hydrogen-bond donors (Lipinski definition) is 0. The normalized spacial score (nSPS) is 11.8. The Bertz CT molecular complexity index is 431. The van der Waals surface area contributed by atoms with Gasteiger partial charge in [0.15, 0.2) is 11.5 Å². The highest BCUT2D eigenvalue weighted by atomic mass is 19.1. The summed E-state index contributed by atoms with van der Waals surface area (Å²) in [5.74, 6) is -0.0207. The summed E-state index contributed by atoms with van der Waals surface area (Å²) in [6, 6.07) is 3.08. The van der Waals surface area contributed by atoms with Crippen molar-refractivity contribution in [2.24, 2.45) is 0 Å². The van der Waals surface area contributed by atoms with E-state index in [2.05, 4.69) is 4.74 Å². The number of benzene rings is 1.